The van der Waals surface area contributed by atoms with Crippen molar-refractivity contribution in [1.82, 2.24) is 29.1 Å². The van der Waals surface area contributed by atoms with Crippen molar-refractivity contribution in [2.24, 2.45) is 0 Å². The highest BCUT2D eigenvalue weighted by Crippen LogP contribution is 2.61. The van der Waals surface area contributed by atoms with Gasteiger partial charge in [-0.2, -0.15) is 0 Å². The second kappa shape index (κ2) is 22.3. The Labute approximate surface area is 596 Å². The van der Waals surface area contributed by atoms with E-state index >= 15 is 0 Å². The molecule has 480 valence electrons. The predicted octanol–water partition coefficient (Wildman–Crippen LogP) is 24.7. The lowest BCUT2D eigenvalue weighted by Gasteiger charge is -2.28. The SMILES string of the molecule is c1cc(-c2nccc(-c3cccc4c3sc3ccccc34)n2)cc(-n2c3ccccc3c3cc4c(cc32)C2(CCc3ccccc32)c2ccccc2-4)c1.c1ccc2c(c1)-c1cc3c4ccccc4n(-c4nccc(-c5ccc(-c6cccc7c6sc6ccccc67)cc5)n4)c3cc1C21CCCC1. The molecule has 4 aliphatic rings. The number of aryl methyl sites for hydroxylation is 1. The summed E-state index contributed by atoms with van der Waals surface area (Å²) in [5.41, 5.74) is 27.7. The first-order valence-electron chi connectivity index (χ1n) is 35.7. The van der Waals surface area contributed by atoms with Crippen LogP contribution in [0, 0.1) is 0 Å². The number of thiophene rings is 2. The van der Waals surface area contributed by atoms with Crippen molar-refractivity contribution in [2.75, 3.05) is 0 Å². The Balaban J connectivity index is 0.000000129. The fraction of sp³-hybridized carbons (Fsp3) is 0.0851. The maximum Gasteiger partial charge on any atom is 0.235 e. The lowest BCUT2D eigenvalue weighted by molar-refractivity contribution is 0.550. The van der Waals surface area contributed by atoms with Gasteiger partial charge in [0.2, 0.25) is 5.95 Å². The number of para-hydroxylation sites is 2. The second-order valence-corrected chi connectivity index (χ2v) is 30.3. The minimum Gasteiger partial charge on any atom is -0.309 e. The molecule has 2 spiro atoms. The highest BCUT2D eigenvalue weighted by atomic mass is 32.1. The molecule has 0 radical (unpaired) electrons. The van der Waals surface area contributed by atoms with Crippen LogP contribution < -0.4 is 0 Å². The Bertz CT molecular complexity index is 6740. The standard InChI is InChI=1S/C49H31N3S.C45H31N3S/c1-5-19-40-30(11-1)23-25-49(40)41-20-6-2-14-33(41)38-28-39-34-15-3-7-21-44(34)52(45(39)29-42(38)49)32-13-9-12-31(27-32)48-50-26-24-43(51-48)37-18-10-17-36-35-16-4-8-22-46(35)53-47(36)37;1-4-15-37-31(10-1)35-26-36-32-11-2-5-16-40(32)48(41(36)27-38(35)45(37)23-7-8-24-45)44-46-25-22-39(47-44)29-20-18-28(19-21-29)30-13-9-14-34-33-12-3-6-17-42(33)49-43(30)34/h1-22,24,26-29H,23,25H2;1-6,9-22,25-27H,7-8,23-24H2. The third kappa shape index (κ3) is 8.39. The van der Waals surface area contributed by atoms with Crippen LogP contribution in [0.3, 0.4) is 0 Å². The molecule has 102 heavy (non-hydrogen) atoms. The van der Waals surface area contributed by atoms with Crippen molar-refractivity contribution in [3.8, 4) is 78.9 Å². The Morgan fingerprint density at radius 1 is 0.314 bits per heavy atom. The van der Waals surface area contributed by atoms with Crippen molar-refractivity contribution < 1.29 is 0 Å². The zero-order valence-corrected chi connectivity index (χ0v) is 57.2. The average molecular weight is 1340 g/mol. The fourth-order valence-corrected chi connectivity index (χ4v) is 21.2. The van der Waals surface area contributed by atoms with Gasteiger partial charge < -0.3 is 4.57 Å². The molecule has 6 nitrogen and oxygen atoms in total. The maximum atomic E-state index is 5.24. The molecule has 1 unspecified atom stereocenters. The van der Waals surface area contributed by atoms with E-state index in [0.29, 0.717) is 5.95 Å². The van der Waals surface area contributed by atoms with Crippen LogP contribution in [0.5, 0.6) is 0 Å². The second-order valence-electron chi connectivity index (χ2n) is 28.2. The van der Waals surface area contributed by atoms with Gasteiger partial charge in [0.15, 0.2) is 5.82 Å². The molecule has 13 aromatic carbocycles. The first-order valence-corrected chi connectivity index (χ1v) is 37.3. The molecule has 0 N–H and O–H groups in total. The largest absolute Gasteiger partial charge is 0.309 e. The molecule has 1 saturated carbocycles. The van der Waals surface area contributed by atoms with Crippen LogP contribution in [0.2, 0.25) is 0 Å². The zero-order valence-electron chi connectivity index (χ0n) is 55.6. The number of nitrogens with zero attached hydrogens (tertiary/aromatic N) is 6. The fourth-order valence-electron chi connectivity index (χ4n) is 18.7. The number of fused-ring (bicyclic) bond motifs is 24. The molecule has 19 aromatic rings. The van der Waals surface area contributed by atoms with Crippen LogP contribution in [0.15, 0.2) is 304 Å². The van der Waals surface area contributed by atoms with Crippen LogP contribution in [0.1, 0.15) is 65.5 Å². The van der Waals surface area contributed by atoms with Gasteiger partial charge in [0.25, 0.3) is 0 Å². The summed E-state index contributed by atoms with van der Waals surface area (Å²) in [5.74, 6) is 1.43. The summed E-state index contributed by atoms with van der Waals surface area (Å²) in [6.45, 7) is 0. The smallest absolute Gasteiger partial charge is 0.235 e. The average Bonchev–Trinajstić information content (AvgIpc) is 1.54. The lowest BCUT2D eigenvalue weighted by atomic mass is 9.73. The molecular weight excluding hydrogens is 1280 g/mol. The van der Waals surface area contributed by atoms with E-state index in [2.05, 4.69) is 288 Å². The van der Waals surface area contributed by atoms with Gasteiger partial charge in [0.1, 0.15) is 0 Å². The van der Waals surface area contributed by atoms with Crippen molar-refractivity contribution in [2.45, 2.75) is 49.4 Å². The minimum absolute atomic E-state index is 0.103. The van der Waals surface area contributed by atoms with Gasteiger partial charge in [0.05, 0.1) is 33.5 Å². The molecule has 0 aliphatic heterocycles. The summed E-state index contributed by atoms with van der Waals surface area (Å²) < 4.78 is 9.95. The van der Waals surface area contributed by atoms with E-state index in [9.17, 15) is 0 Å². The van der Waals surface area contributed by atoms with Crippen molar-refractivity contribution in [3.05, 3.63) is 337 Å². The van der Waals surface area contributed by atoms with Gasteiger partial charge in [-0.25, -0.2) is 19.9 Å². The normalized spacial score (nSPS) is 15.3. The molecule has 0 amide bonds. The summed E-state index contributed by atoms with van der Waals surface area (Å²) in [6, 6.07) is 107. The van der Waals surface area contributed by atoms with Crippen molar-refractivity contribution in [1.29, 1.82) is 0 Å². The van der Waals surface area contributed by atoms with Crippen LogP contribution in [0.25, 0.3) is 163 Å². The van der Waals surface area contributed by atoms with Gasteiger partial charge in [0, 0.05) is 107 Å². The predicted molar refractivity (Wildman–Crippen MR) is 425 cm³/mol. The Hall–Kier alpha value is -11.9. The van der Waals surface area contributed by atoms with E-state index in [0.717, 1.165) is 57.9 Å². The van der Waals surface area contributed by atoms with Crippen molar-refractivity contribution >= 4 is 107 Å². The number of hydrogen-bond acceptors (Lipinski definition) is 6. The van der Waals surface area contributed by atoms with Gasteiger partial charge in [-0.15, -0.1) is 22.7 Å². The topological polar surface area (TPSA) is 61.4 Å². The summed E-state index contributed by atoms with van der Waals surface area (Å²) in [4.78, 5) is 20.2. The van der Waals surface area contributed by atoms with E-state index in [1.807, 2.05) is 47.2 Å². The molecular formula is C94H62N6S2. The summed E-state index contributed by atoms with van der Waals surface area (Å²) in [7, 11) is 0. The molecule has 8 heteroatoms. The van der Waals surface area contributed by atoms with Crippen LogP contribution in [-0.2, 0) is 17.3 Å². The Morgan fingerprint density at radius 3 is 1.60 bits per heavy atom. The molecule has 1 atom stereocenters. The highest BCUT2D eigenvalue weighted by Gasteiger charge is 2.49. The summed E-state index contributed by atoms with van der Waals surface area (Å²) in [5, 5.41) is 10.2. The lowest BCUT2D eigenvalue weighted by Crippen LogP contribution is -2.23. The molecule has 4 aliphatic carbocycles. The van der Waals surface area contributed by atoms with Gasteiger partial charge >= 0.3 is 0 Å². The maximum absolute atomic E-state index is 5.24. The molecule has 23 rings (SSSR count). The van der Waals surface area contributed by atoms with Crippen LogP contribution in [0.4, 0.5) is 0 Å². The molecule has 0 bridgehead atoms. The van der Waals surface area contributed by atoms with Crippen molar-refractivity contribution in [3.63, 3.8) is 0 Å². The summed E-state index contributed by atoms with van der Waals surface area (Å²) >= 11 is 3.70. The number of hydrogen-bond donors (Lipinski definition) is 0. The van der Waals surface area contributed by atoms with E-state index < -0.39 is 0 Å². The number of benzene rings is 13. The van der Waals surface area contributed by atoms with E-state index in [-0.39, 0.29) is 10.8 Å². The Morgan fingerprint density at radius 2 is 0.853 bits per heavy atom. The van der Waals surface area contributed by atoms with E-state index in [1.165, 1.54) is 171 Å². The minimum atomic E-state index is -0.147. The van der Waals surface area contributed by atoms with Gasteiger partial charge in [-0.3, -0.25) is 4.57 Å². The number of rotatable bonds is 6. The van der Waals surface area contributed by atoms with Gasteiger partial charge in [-0.05, 0) is 165 Å². The third-order valence-corrected chi connectivity index (χ3v) is 25.6. The van der Waals surface area contributed by atoms with E-state index in [4.69, 9.17) is 19.9 Å². The third-order valence-electron chi connectivity index (χ3n) is 23.1. The first kappa shape index (κ1) is 57.9. The molecule has 6 heterocycles. The molecule has 1 fully saturated rings. The Kier molecular flexibility index (Phi) is 12.7. The van der Waals surface area contributed by atoms with Crippen LogP contribution in [-0.4, -0.2) is 29.1 Å². The molecule has 6 aromatic heterocycles. The zero-order chi connectivity index (χ0) is 66.8. The molecule has 0 saturated heterocycles. The van der Waals surface area contributed by atoms with E-state index in [1.54, 1.807) is 0 Å². The number of aromatic nitrogens is 6. The quantitative estimate of drug-likeness (QED) is 0.166. The summed E-state index contributed by atoms with van der Waals surface area (Å²) in [6.07, 6.45) is 11.0. The van der Waals surface area contributed by atoms with Crippen LogP contribution >= 0.6 is 22.7 Å². The monoisotopic (exact) mass is 1340 g/mol. The van der Waals surface area contributed by atoms with Gasteiger partial charge in [-0.1, -0.05) is 231 Å². The highest BCUT2D eigenvalue weighted by molar-refractivity contribution is 7.26. The first-order chi connectivity index (χ1) is 50.5.